The van der Waals surface area contributed by atoms with E-state index in [1.165, 1.54) is 24.3 Å². The summed E-state index contributed by atoms with van der Waals surface area (Å²) in [5, 5.41) is 2.75. The van der Waals surface area contributed by atoms with Gasteiger partial charge in [0.1, 0.15) is 5.69 Å². The Labute approximate surface area is 121 Å². The van der Waals surface area contributed by atoms with Crippen LogP contribution >= 0.6 is 0 Å². The second kappa shape index (κ2) is 6.42. The van der Waals surface area contributed by atoms with Crippen LogP contribution in [0.4, 0.5) is 5.69 Å². The molecule has 0 atom stereocenters. The van der Waals surface area contributed by atoms with Crippen molar-refractivity contribution < 1.29 is 9.59 Å². The molecule has 0 saturated heterocycles. The number of hydrogen-bond acceptors (Lipinski definition) is 4. The van der Waals surface area contributed by atoms with Crippen molar-refractivity contribution >= 4 is 17.5 Å². The van der Waals surface area contributed by atoms with Gasteiger partial charge in [-0.25, -0.2) is 0 Å². The number of hydrogen-bond donors (Lipinski definition) is 2. The van der Waals surface area contributed by atoms with Crippen LogP contribution in [0.5, 0.6) is 0 Å². The lowest BCUT2D eigenvalue weighted by molar-refractivity contribution is 0.0846. The largest absolute Gasteiger partial charge is 0.269 e. The third-order valence-corrected chi connectivity index (χ3v) is 2.78. The molecular weight excluding hydrogens is 270 g/mol. The van der Waals surface area contributed by atoms with E-state index >= 15 is 0 Å². The van der Waals surface area contributed by atoms with Crippen LogP contribution in [0.15, 0.2) is 53.7 Å². The van der Waals surface area contributed by atoms with Crippen molar-refractivity contribution in [3.63, 3.8) is 0 Å². The van der Waals surface area contributed by atoms with E-state index in [9.17, 15) is 14.5 Å². The molecule has 106 valence electrons. The monoisotopic (exact) mass is 283 g/mol. The Bertz CT molecular complexity index is 698. The van der Waals surface area contributed by atoms with Crippen molar-refractivity contribution in [3.05, 3.63) is 70.1 Å². The number of nitrogens with zero attached hydrogens (tertiary/aromatic N) is 1. The minimum atomic E-state index is -0.526. The maximum atomic E-state index is 11.9. The highest BCUT2D eigenvalue weighted by atomic mass is 16.3. The average molecular weight is 283 g/mol. The third kappa shape index (κ3) is 3.73. The van der Waals surface area contributed by atoms with Gasteiger partial charge in [-0.3, -0.25) is 20.4 Å². The molecule has 0 saturated carbocycles. The van der Waals surface area contributed by atoms with Crippen LogP contribution in [0.25, 0.3) is 0 Å². The number of nitrogens with one attached hydrogen (secondary N) is 2. The molecule has 0 bridgehead atoms. The molecule has 0 unspecified atom stereocenters. The van der Waals surface area contributed by atoms with Crippen LogP contribution in [0.2, 0.25) is 0 Å². The molecule has 6 nitrogen and oxygen atoms in total. The molecule has 0 aliphatic rings. The summed E-state index contributed by atoms with van der Waals surface area (Å²) in [5.74, 6) is -0.946. The molecule has 2 rings (SSSR count). The first-order chi connectivity index (χ1) is 10.1. The minimum Gasteiger partial charge on any atom is -0.267 e. The van der Waals surface area contributed by atoms with E-state index in [1.807, 2.05) is 13.0 Å². The Balaban J connectivity index is 2.00. The number of nitroso groups, excluding NO2 is 1. The smallest absolute Gasteiger partial charge is 0.267 e. The van der Waals surface area contributed by atoms with Gasteiger partial charge in [-0.15, -0.1) is 4.91 Å². The number of rotatable bonds is 3. The molecule has 0 fully saturated rings. The predicted octanol–water partition coefficient (Wildman–Crippen LogP) is 2.47. The molecule has 6 heteroatoms. The Morgan fingerprint density at radius 3 is 2.05 bits per heavy atom. The summed E-state index contributed by atoms with van der Waals surface area (Å²) in [6, 6.07) is 12.8. The lowest BCUT2D eigenvalue weighted by Gasteiger charge is -2.08. The first-order valence-electron chi connectivity index (χ1n) is 6.21. The van der Waals surface area contributed by atoms with E-state index in [-0.39, 0.29) is 11.3 Å². The van der Waals surface area contributed by atoms with Gasteiger partial charge in [0.2, 0.25) is 0 Å². The van der Waals surface area contributed by atoms with Gasteiger partial charge in [0.15, 0.2) is 0 Å². The van der Waals surface area contributed by atoms with Gasteiger partial charge >= 0.3 is 0 Å². The first kappa shape index (κ1) is 14.4. The number of benzene rings is 2. The first-order valence-corrected chi connectivity index (χ1v) is 6.21. The molecule has 0 heterocycles. The summed E-state index contributed by atoms with van der Waals surface area (Å²) in [6.45, 7) is 1.87. The molecule has 0 spiro atoms. The fourth-order valence-corrected chi connectivity index (χ4v) is 1.75. The van der Waals surface area contributed by atoms with E-state index in [1.54, 1.807) is 18.2 Å². The third-order valence-electron chi connectivity index (χ3n) is 2.78. The quantitative estimate of drug-likeness (QED) is 0.670. The lowest BCUT2D eigenvalue weighted by atomic mass is 10.1. The zero-order valence-corrected chi connectivity index (χ0v) is 11.3. The van der Waals surface area contributed by atoms with Crippen molar-refractivity contribution in [2.45, 2.75) is 6.92 Å². The fraction of sp³-hybridized carbons (Fsp3) is 0.0667. The molecule has 0 aliphatic heterocycles. The molecule has 2 aromatic carbocycles. The molecule has 2 amide bonds. The highest BCUT2D eigenvalue weighted by molar-refractivity contribution is 5.99. The molecule has 0 aromatic heterocycles. The number of carbonyl (C=O) groups is 2. The van der Waals surface area contributed by atoms with Crippen LogP contribution in [-0.4, -0.2) is 11.8 Å². The van der Waals surface area contributed by atoms with E-state index in [0.29, 0.717) is 5.56 Å². The van der Waals surface area contributed by atoms with Crippen molar-refractivity contribution in [3.8, 4) is 0 Å². The molecule has 2 N–H and O–H groups in total. The van der Waals surface area contributed by atoms with Gasteiger partial charge in [-0.2, -0.15) is 0 Å². The van der Waals surface area contributed by atoms with Gasteiger partial charge in [0, 0.05) is 11.1 Å². The van der Waals surface area contributed by atoms with E-state index in [0.717, 1.165) is 5.56 Å². The molecule has 0 radical (unpaired) electrons. The Morgan fingerprint density at radius 2 is 1.48 bits per heavy atom. The van der Waals surface area contributed by atoms with Gasteiger partial charge < -0.3 is 0 Å². The van der Waals surface area contributed by atoms with Gasteiger partial charge in [0.25, 0.3) is 11.8 Å². The van der Waals surface area contributed by atoms with Crippen LogP contribution in [0.1, 0.15) is 26.3 Å². The summed E-state index contributed by atoms with van der Waals surface area (Å²) >= 11 is 0. The van der Waals surface area contributed by atoms with Crippen molar-refractivity contribution in [2.24, 2.45) is 5.18 Å². The SMILES string of the molecule is Cc1cccc(C(=O)NNC(=O)c2cccc(N=O)c2)c1. The standard InChI is InChI=1S/C15H13N3O3/c1-10-4-2-5-11(8-10)14(19)16-17-15(20)12-6-3-7-13(9-12)18-21/h2-9H,1H3,(H,16,19)(H,17,20). The van der Waals surface area contributed by atoms with Gasteiger partial charge in [-0.1, -0.05) is 23.8 Å². The molecule has 0 aliphatic carbocycles. The Kier molecular flexibility index (Phi) is 4.40. The maximum absolute atomic E-state index is 11.9. The molecular formula is C15H13N3O3. The topological polar surface area (TPSA) is 87.6 Å². The summed E-state index contributed by atoms with van der Waals surface area (Å²) in [6.07, 6.45) is 0. The summed E-state index contributed by atoms with van der Waals surface area (Å²) in [5.41, 5.74) is 6.37. The van der Waals surface area contributed by atoms with Crippen LogP contribution < -0.4 is 10.9 Å². The predicted molar refractivity (Wildman–Crippen MR) is 78.0 cm³/mol. The van der Waals surface area contributed by atoms with Crippen molar-refractivity contribution in [2.75, 3.05) is 0 Å². The second-order valence-electron chi connectivity index (χ2n) is 4.42. The summed E-state index contributed by atoms with van der Waals surface area (Å²) in [4.78, 5) is 34.1. The average Bonchev–Trinajstić information content (AvgIpc) is 2.52. The highest BCUT2D eigenvalue weighted by Crippen LogP contribution is 2.13. The fourth-order valence-electron chi connectivity index (χ4n) is 1.75. The van der Waals surface area contributed by atoms with Gasteiger partial charge in [-0.05, 0) is 42.4 Å². The lowest BCUT2D eigenvalue weighted by Crippen LogP contribution is -2.41. The molecule has 2 aromatic rings. The van der Waals surface area contributed by atoms with Crippen LogP contribution in [-0.2, 0) is 0 Å². The van der Waals surface area contributed by atoms with Crippen molar-refractivity contribution in [1.29, 1.82) is 0 Å². The van der Waals surface area contributed by atoms with Crippen molar-refractivity contribution in [1.82, 2.24) is 10.9 Å². The highest BCUT2D eigenvalue weighted by Gasteiger charge is 2.09. The van der Waals surface area contributed by atoms with Gasteiger partial charge in [0.05, 0.1) is 0 Å². The number of aryl methyl sites for hydroxylation is 1. The summed E-state index contributed by atoms with van der Waals surface area (Å²) < 4.78 is 0. The van der Waals surface area contributed by atoms with E-state index < -0.39 is 11.8 Å². The second-order valence-corrected chi connectivity index (χ2v) is 4.42. The zero-order chi connectivity index (χ0) is 15.2. The van der Waals surface area contributed by atoms with Crippen LogP contribution in [0, 0.1) is 11.8 Å². The minimum absolute atomic E-state index is 0.146. The number of carbonyl (C=O) groups excluding carboxylic acids is 2. The number of hydrazine groups is 1. The van der Waals surface area contributed by atoms with Crippen LogP contribution in [0.3, 0.4) is 0 Å². The Hall–Kier alpha value is -3.02. The van der Waals surface area contributed by atoms with E-state index in [4.69, 9.17) is 0 Å². The summed E-state index contributed by atoms with van der Waals surface area (Å²) in [7, 11) is 0. The number of amides is 2. The van der Waals surface area contributed by atoms with E-state index in [2.05, 4.69) is 16.0 Å². The maximum Gasteiger partial charge on any atom is 0.269 e. The normalized spacial score (nSPS) is 9.76. The molecule has 21 heavy (non-hydrogen) atoms. The Morgan fingerprint density at radius 1 is 0.905 bits per heavy atom. The zero-order valence-electron chi connectivity index (χ0n) is 11.3.